The maximum atomic E-state index is 5.34. The Morgan fingerprint density at radius 2 is 2.04 bits per heavy atom. The van der Waals surface area contributed by atoms with Crippen LogP contribution in [0.15, 0.2) is 23.1 Å². The molecular weight excluding hydrogens is 308 g/mol. The van der Waals surface area contributed by atoms with Crippen LogP contribution in [0, 0.1) is 0 Å². The summed E-state index contributed by atoms with van der Waals surface area (Å²) in [7, 11) is 0. The van der Waals surface area contributed by atoms with Gasteiger partial charge < -0.3 is 9.42 Å². The zero-order valence-corrected chi connectivity index (χ0v) is 13.2. The fraction of sp³-hybridized carbons (Fsp3) is 0.533. The summed E-state index contributed by atoms with van der Waals surface area (Å²) in [5.41, 5.74) is 0. The lowest BCUT2D eigenvalue weighted by atomic mass is 10.3. The van der Waals surface area contributed by atoms with Crippen LogP contribution in [0.25, 0.3) is 5.78 Å². The lowest BCUT2D eigenvalue weighted by Gasteiger charge is -2.35. The fourth-order valence-electron chi connectivity index (χ4n) is 3.15. The van der Waals surface area contributed by atoms with E-state index in [9.17, 15) is 0 Å². The van der Waals surface area contributed by atoms with E-state index < -0.39 is 0 Å². The van der Waals surface area contributed by atoms with Crippen molar-refractivity contribution < 1.29 is 4.52 Å². The van der Waals surface area contributed by atoms with Crippen LogP contribution in [0.1, 0.15) is 30.5 Å². The van der Waals surface area contributed by atoms with Gasteiger partial charge in [-0.05, 0) is 18.9 Å². The summed E-state index contributed by atoms with van der Waals surface area (Å²) in [6, 6.07) is 2.01. The number of nitrogens with zero attached hydrogens (tertiary/aromatic N) is 8. The molecule has 124 valence electrons. The zero-order valence-electron chi connectivity index (χ0n) is 13.2. The van der Waals surface area contributed by atoms with Crippen LogP contribution in [-0.2, 0) is 6.54 Å². The molecule has 9 nitrogen and oxygen atoms in total. The number of anilines is 1. The zero-order chi connectivity index (χ0) is 15.9. The number of hydrogen-bond donors (Lipinski definition) is 0. The molecule has 1 saturated heterocycles. The molecule has 9 heteroatoms. The number of rotatable bonds is 4. The minimum atomic E-state index is 0.515. The molecule has 24 heavy (non-hydrogen) atoms. The molecule has 4 heterocycles. The van der Waals surface area contributed by atoms with Crippen LogP contribution < -0.4 is 4.90 Å². The highest BCUT2D eigenvalue weighted by molar-refractivity contribution is 5.46. The Bertz CT molecular complexity index is 846. The van der Waals surface area contributed by atoms with Crippen molar-refractivity contribution in [2.75, 3.05) is 31.1 Å². The van der Waals surface area contributed by atoms with Crippen molar-refractivity contribution in [3.05, 3.63) is 30.3 Å². The summed E-state index contributed by atoms with van der Waals surface area (Å²) in [4.78, 5) is 13.4. The van der Waals surface area contributed by atoms with Crippen molar-refractivity contribution >= 4 is 11.6 Å². The molecule has 0 aromatic carbocycles. The van der Waals surface area contributed by atoms with Crippen LogP contribution in [0.2, 0.25) is 0 Å². The van der Waals surface area contributed by atoms with E-state index >= 15 is 0 Å². The molecule has 0 amide bonds. The molecule has 3 aromatic heterocycles. The molecule has 1 aliphatic carbocycles. The second-order valence-corrected chi connectivity index (χ2v) is 6.39. The van der Waals surface area contributed by atoms with Gasteiger partial charge in [0.2, 0.25) is 5.89 Å². The molecule has 5 rings (SSSR count). The van der Waals surface area contributed by atoms with Crippen LogP contribution in [0.5, 0.6) is 0 Å². The largest absolute Gasteiger partial charge is 0.355 e. The summed E-state index contributed by atoms with van der Waals surface area (Å²) >= 11 is 0. The van der Waals surface area contributed by atoms with Crippen molar-refractivity contribution in [3.8, 4) is 0 Å². The van der Waals surface area contributed by atoms with E-state index in [0.717, 1.165) is 50.3 Å². The van der Waals surface area contributed by atoms with Gasteiger partial charge in [-0.15, -0.1) is 10.2 Å². The summed E-state index contributed by atoms with van der Waals surface area (Å²) < 4.78 is 7.26. The first-order valence-electron chi connectivity index (χ1n) is 8.31. The number of aromatic nitrogens is 6. The Labute approximate surface area is 138 Å². The van der Waals surface area contributed by atoms with Crippen molar-refractivity contribution in [1.29, 1.82) is 0 Å². The summed E-state index contributed by atoms with van der Waals surface area (Å²) in [5, 5.41) is 12.1. The molecule has 2 fully saturated rings. The number of hydrogen-bond acceptors (Lipinski definition) is 8. The van der Waals surface area contributed by atoms with E-state index in [0.29, 0.717) is 11.7 Å². The monoisotopic (exact) mass is 326 g/mol. The fourth-order valence-corrected chi connectivity index (χ4v) is 3.15. The average Bonchev–Trinajstić information content (AvgIpc) is 3.17. The van der Waals surface area contributed by atoms with Gasteiger partial charge in [0, 0.05) is 38.3 Å². The summed E-state index contributed by atoms with van der Waals surface area (Å²) in [5.74, 6) is 3.85. The second-order valence-electron chi connectivity index (χ2n) is 6.39. The lowest BCUT2D eigenvalue weighted by Crippen LogP contribution is -2.46. The lowest BCUT2D eigenvalue weighted by molar-refractivity contribution is 0.239. The van der Waals surface area contributed by atoms with Crippen molar-refractivity contribution in [1.82, 2.24) is 34.6 Å². The minimum Gasteiger partial charge on any atom is -0.355 e. The first-order chi connectivity index (χ1) is 11.9. The maximum Gasteiger partial charge on any atom is 0.256 e. The maximum absolute atomic E-state index is 5.34. The van der Waals surface area contributed by atoms with Gasteiger partial charge in [0.25, 0.3) is 5.78 Å². The Morgan fingerprint density at radius 3 is 2.88 bits per heavy atom. The second kappa shape index (κ2) is 5.52. The predicted molar refractivity (Wildman–Crippen MR) is 84.5 cm³/mol. The first kappa shape index (κ1) is 13.8. The molecule has 0 unspecified atom stereocenters. The van der Waals surface area contributed by atoms with Crippen LogP contribution >= 0.6 is 0 Å². The standard InChI is InChI=1S/C15H18N8O/c1-2-11(1)14-18-12(20-24-14)9-21-5-7-22(8-6-21)13-3-4-16-15-19-17-10-23(13)15/h3-4,10-11H,1-2,5-9H2. The third-order valence-electron chi connectivity index (χ3n) is 4.66. The van der Waals surface area contributed by atoms with Crippen LogP contribution in [-0.4, -0.2) is 60.8 Å². The number of piperazine rings is 1. The van der Waals surface area contributed by atoms with Crippen molar-refractivity contribution in [2.45, 2.75) is 25.3 Å². The van der Waals surface area contributed by atoms with Crippen molar-refractivity contribution in [2.24, 2.45) is 0 Å². The van der Waals surface area contributed by atoms with E-state index in [1.165, 1.54) is 12.8 Å². The Kier molecular flexibility index (Phi) is 3.18. The van der Waals surface area contributed by atoms with Gasteiger partial charge in [-0.2, -0.15) is 4.98 Å². The smallest absolute Gasteiger partial charge is 0.256 e. The Morgan fingerprint density at radius 1 is 1.17 bits per heavy atom. The van der Waals surface area contributed by atoms with Gasteiger partial charge in [-0.3, -0.25) is 9.30 Å². The third-order valence-corrected chi connectivity index (χ3v) is 4.66. The van der Waals surface area contributed by atoms with E-state index in [2.05, 4.69) is 35.1 Å². The van der Waals surface area contributed by atoms with E-state index in [4.69, 9.17) is 4.52 Å². The minimum absolute atomic E-state index is 0.515. The molecule has 0 atom stereocenters. The van der Waals surface area contributed by atoms with Gasteiger partial charge in [0.1, 0.15) is 12.1 Å². The van der Waals surface area contributed by atoms with Crippen LogP contribution in [0.3, 0.4) is 0 Å². The van der Waals surface area contributed by atoms with E-state index in [-0.39, 0.29) is 0 Å². The molecule has 0 N–H and O–H groups in total. The molecule has 1 aliphatic heterocycles. The van der Waals surface area contributed by atoms with Crippen molar-refractivity contribution in [3.63, 3.8) is 0 Å². The SMILES string of the molecule is c1cc(N2CCN(Cc3noc(C4CC4)n3)CC2)n2cnnc2n1. The molecular formula is C15H18N8O. The normalized spacial score (nSPS) is 19.2. The van der Waals surface area contributed by atoms with Gasteiger partial charge in [0.15, 0.2) is 5.82 Å². The highest BCUT2D eigenvalue weighted by Crippen LogP contribution is 2.38. The van der Waals surface area contributed by atoms with Gasteiger partial charge in [0.05, 0.1) is 6.54 Å². The van der Waals surface area contributed by atoms with Gasteiger partial charge in [-0.1, -0.05) is 5.16 Å². The van der Waals surface area contributed by atoms with Gasteiger partial charge in [-0.25, -0.2) is 4.98 Å². The third kappa shape index (κ3) is 2.50. The quantitative estimate of drug-likeness (QED) is 0.692. The van der Waals surface area contributed by atoms with Gasteiger partial charge >= 0.3 is 0 Å². The number of fused-ring (bicyclic) bond motifs is 1. The highest BCUT2D eigenvalue weighted by Gasteiger charge is 2.30. The Hall–Kier alpha value is -2.55. The Balaban J connectivity index is 1.24. The topological polar surface area (TPSA) is 88.5 Å². The molecule has 1 saturated carbocycles. The summed E-state index contributed by atoms with van der Waals surface area (Å²) in [6.07, 6.45) is 5.86. The van der Waals surface area contributed by atoms with E-state index in [1.807, 2.05) is 10.5 Å². The van der Waals surface area contributed by atoms with E-state index in [1.54, 1.807) is 12.5 Å². The molecule has 2 aliphatic rings. The average molecular weight is 326 g/mol. The van der Waals surface area contributed by atoms with Crippen LogP contribution in [0.4, 0.5) is 5.82 Å². The molecule has 0 bridgehead atoms. The highest BCUT2D eigenvalue weighted by atomic mass is 16.5. The predicted octanol–water partition coefficient (Wildman–Crippen LogP) is 0.707. The molecule has 0 spiro atoms. The summed E-state index contributed by atoms with van der Waals surface area (Å²) in [6.45, 7) is 4.54. The first-order valence-corrected chi connectivity index (χ1v) is 8.31. The molecule has 3 aromatic rings. The molecule has 0 radical (unpaired) electrons.